The van der Waals surface area contributed by atoms with E-state index in [1.54, 1.807) is 11.3 Å². The molecule has 20 heavy (non-hydrogen) atoms. The maximum Gasteiger partial charge on any atom is 0.354 e. The fourth-order valence-corrected chi connectivity index (χ4v) is 2.36. The molecule has 2 rings (SSSR count). The number of hydrogen-bond acceptors (Lipinski definition) is 4. The van der Waals surface area contributed by atoms with Crippen molar-refractivity contribution in [2.75, 3.05) is 5.32 Å². The van der Waals surface area contributed by atoms with Crippen molar-refractivity contribution in [1.29, 1.82) is 0 Å². The molecule has 2 amide bonds. The number of anilines is 1. The lowest BCUT2D eigenvalue weighted by atomic mass is 10.3. The Morgan fingerprint density at radius 2 is 2.15 bits per heavy atom. The van der Waals surface area contributed by atoms with E-state index in [2.05, 4.69) is 15.6 Å². The molecule has 104 valence electrons. The van der Waals surface area contributed by atoms with Crippen LogP contribution in [-0.4, -0.2) is 22.1 Å². The van der Waals surface area contributed by atoms with Gasteiger partial charge in [0.2, 0.25) is 0 Å². The van der Waals surface area contributed by atoms with Gasteiger partial charge in [-0.1, -0.05) is 0 Å². The van der Waals surface area contributed by atoms with Crippen LogP contribution < -0.4 is 10.6 Å². The number of rotatable bonds is 4. The molecule has 7 heteroatoms. The lowest BCUT2D eigenvalue weighted by molar-refractivity contribution is 0.0690. The van der Waals surface area contributed by atoms with Crippen molar-refractivity contribution < 1.29 is 14.7 Å². The Labute approximate surface area is 119 Å². The Hall–Kier alpha value is -2.41. The van der Waals surface area contributed by atoms with E-state index in [0.29, 0.717) is 12.2 Å². The van der Waals surface area contributed by atoms with Crippen LogP contribution in [0.4, 0.5) is 10.5 Å². The Morgan fingerprint density at radius 1 is 1.35 bits per heavy atom. The maximum atomic E-state index is 11.7. The van der Waals surface area contributed by atoms with Gasteiger partial charge in [0.05, 0.1) is 18.4 Å². The molecule has 0 aromatic carbocycles. The number of nitrogens with zero attached hydrogens (tertiary/aromatic N) is 1. The molecule has 0 aliphatic heterocycles. The summed E-state index contributed by atoms with van der Waals surface area (Å²) in [6.07, 6.45) is 1.30. The van der Waals surface area contributed by atoms with Crippen LogP contribution in [0, 0.1) is 6.92 Å². The van der Waals surface area contributed by atoms with Gasteiger partial charge in [-0.15, -0.1) is 11.3 Å². The zero-order valence-corrected chi connectivity index (χ0v) is 11.5. The highest BCUT2D eigenvalue weighted by atomic mass is 32.1. The molecule has 0 spiro atoms. The Morgan fingerprint density at radius 3 is 2.70 bits per heavy atom. The smallest absolute Gasteiger partial charge is 0.354 e. The fourth-order valence-electron chi connectivity index (χ4n) is 1.52. The molecule has 2 aromatic heterocycles. The minimum Gasteiger partial charge on any atom is -0.477 e. The van der Waals surface area contributed by atoms with Crippen molar-refractivity contribution in [1.82, 2.24) is 10.3 Å². The molecule has 0 saturated heterocycles. The molecule has 0 aliphatic carbocycles. The van der Waals surface area contributed by atoms with E-state index in [9.17, 15) is 9.59 Å². The number of amides is 2. The number of nitrogens with one attached hydrogen (secondary N) is 2. The van der Waals surface area contributed by atoms with Gasteiger partial charge in [-0.3, -0.25) is 0 Å². The van der Waals surface area contributed by atoms with Crippen LogP contribution in [0.25, 0.3) is 0 Å². The summed E-state index contributed by atoms with van der Waals surface area (Å²) >= 11 is 1.58. The van der Waals surface area contributed by atoms with E-state index < -0.39 is 5.97 Å². The number of aromatic carboxylic acids is 1. The van der Waals surface area contributed by atoms with E-state index in [1.165, 1.54) is 18.3 Å². The molecule has 0 atom stereocenters. The third-order valence-corrected chi connectivity index (χ3v) is 3.64. The molecule has 2 heterocycles. The van der Waals surface area contributed by atoms with Gasteiger partial charge in [-0.05, 0) is 36.1 Å². The fraction of sp³-hybridized carbons (Fsp3) is 0.154. The zero-order valence-electron chi connectivity index (χ0n) is 10.7. The summed E-state index contributed by atoms with van der Waals surface area (Å²) in [7, 11) is 0. The molecular weight excluding hydrogens is 278 g/mol. The van der Waals surface area contributed by atoms with Gasteiger partial charge in [0, 0.05) is 4.88 Å². The minimum absolute atomic E-state index is 0.0647. The van der Waals surface area contributed by atoms with E-state index >= 15 is 0 Å². The minimum atomic E-state index is -1.10. The summed E-state index contributed by atoms with van der Waals surface area (Å²) in [5, 5.41) is 16.0. The first-order valence-corrected chi connectivity index (χ1v) is 6.71. The molecule has 0 unspecified atom stereocenters. The highest BCUT2D eigenvalue weighted by Gasteiger charge is 2.06. The highest BCUT2D eigenvalue weighted by molar-refractivity contribution is 7.10. The number of hydrogen-bond donors (Lipinski definition) is 3. The largest absolute Gasteiger partial charge is 0.477 e. The molecular formula is C13H13N3O3S. The number of carbonyl (C=O) groups is 2. The van der Waals surface area contributed by atoms with Crippen LogP contribution in [0.2, 0.25) is 0 Å². The topological polar surface area (TPSA) is 91.3 Å². The summed E-state index contributed by atoms with van der Waals surface area (Å²) in [6.45, 7) is 2.44. The van der Waals surface area contributed by atoms with Gasteiger partial charge in [-0.25, -0.2) is 14.6 Å². The van der Waals surface area contributed by atoms with Crippen LogP contribution in [0.1, 0.15) is 20.9 Å². The van der Waals surface area contributed by atoms with Gasteiger partial charge in [0.1, 0.15) is 5.69 Å². The maximum absolute atomic E-state index is 11.7. The predicted molar refractivity (Wildman–Crippen MR) is 76.1 cm³/mol. The second kappa shape index (κ2) is 6.16. The average Bonchev–Trinajstić information content (AvgIpc) is 2.82. The first kappa shape index (κ1) is 14.0. The van der Waals surface area contributed by atoms with E-state index in [-0.39, 0.29) is 11.7 Å². The van der Waals surface area contributed by atoms with Crippen molar-refractivity contribution in [3.05, 3.63) is 45.9 Å². The Balaban J connectivity index is 1.88. The van der Waals surface area contributed by atoms with Crippen LogP contribution in [0.15, 0.2) is 29.8 Å². The Bertz CT molecular complexity index is 622. The molecule has 6 nitrogen and oxygen atoms in total. The molecule has 2 aromatic rings. The summed E-state index contributed by atoms with van der Waals surface area (Å²) in [4.78, 5) is 27.1. The number of aromatic nitrogens is 1. The number of urea groups is 1. The van der Waals surface area contributed by atoms with Gasteiger partial charge in [0.15, 0.2) is 0 Å². The normalized spacial score (nSPS) is 10.1. The van der Waals surface area contributed by atoms with Crippen LogP contribution >= 0.6 is 11.3 Å². The number of pyridine rings is 1. The van der Waals surface area contributed by atoms with E-state index in [0.717, 1.165) is 10.4 Å². The van der Waals surface area contributed by atoms with Crippen LogP contribution in [-0.2, 0) is 6.54 Å². The molecule has 0 fully saturated rings. The molecule has 0 radical (unpaired) electrons. The first-order chi connectivity index (χ1) is 9.56. The SMILES string of the molecule is Cc1ccsc1CNC(=O)Nc1ccc(C(=O)O)nc1. The van der Waals surface area contributed by atoms with Crippen LogP contribution in [0.5, 0.6) is 0 Å². The second-order valence-electron chi connectivity index (χ2n) is 4.07. The first-order valence-electron chi connectivity index (χ1n) is 5.83. The monoisotopic (exact) mass is 291 g/mol. The third kappa shape index (κ3) is 3.55. The van der Waals surface area contributed by atoms with Crippen LogP contribution in [0.3, 0.4) is 0 Å². The lowest BCUT2D eigenvalue weighted by Crippen LogP contribution is -2.28. The van der Waals surface area contributed by atoms with E-state index in [4.69, 9.17) is 5.11 Å². The van der Waals surface area contributed by atoms with Crippen molar-refractivity contribution in [3.8, 4) is 0 Å². The summed E-state index contributed by atoms with van der Waals surface area (Å²) in [6, 6.07) is 4.46. The standard InChI is InChI=1S/C13H13N3O3S/c1-8-4-5-20-11(8)7-15-13(19)16-9-2-3-10(12(17)18)14-6-9/h2-6H,7H2,1H3,(H,17,18)(H2,15,16,19). The molecule has 3 N–H and O–H groups in total. The van der Waals surface area contributed by atoms with Gasteiger partial charge in [-0.2, -0.15) is 0 Å². The van der Waals surface area contributed by atoms with Crippen molar-refractivity contribution in [2.24, 2.45) is 0 Å². The van der Waals surface area contributed by atoms with Gasteiger partial charge in [0.25, 0.3) is 0 Å². The molecule has 0 bridgehead atoms. The lowest BCUT2D eigenvalue weighted by Gasteiger charge is -2.07. The van der Waals surface area contributed by atoms with Crippen molar-refractivity contribution >= 4 is 29.0 Å². The summed E-state index contributed by atoms with van der Waals surface area (Å²) in [5.74, 6) is -1.10. The van der Waals surface area contributed by atoms with Crippen molar-refractivity contribution in [3.63, 3.8) is 0 Å². The quantitative estimate of drug-likeness (QED) is 0.807. The number of carbonyl (C=O) groups excluding carboxylic acids is 1. The highest BCUT2D eigenvalue weighted by Crippen LogP contribution is 2.14. The number of thiophene rings is 1. The third-order valence-electron chi connectivity index (χ3n) is 2.62. The van der Waals surface area contributed by atoms with Crippen molar-refractivity contribution in [2.45, 2.75) is 13.5 Å². The number of carboxylic acid groups (broad SMARTS) is 1. The predicted octanol–water partition coefficient (Wildman–Crippen LogP) is 2.47. The summed E-state index contributed by atoms with van der Waals surface area (Å²) < 4.78 is 0. The number of carboxylic acids is 1. The van der Waals surface area contributed by atoms with E-state index in [1.807, 2.05) is 18.4 Å². The number of aryl methyl sites for hydroxylation is 1. The average molecular weight is 291 g/mol. The zero-order chi connectivity index (χ0) is 14.5. The van der Waals surface area contributed by atoms with Gasteiger partial charge >= 0.3 is 12.0 Å². The second-order valence-corrected chi connectivity index (χ2v) is 5.07. The Kier molecular flexibility index (Phi) is 4.31. The van der Waals surface area contributed by atoms with Gasteiger partial charge < -0.3 is 15.7 Å². The molecule has 0 aliphatic rings. The summed E-state index contributed by atoms with van der Waals surface area (Å²) in [5.41, 5.74) is 1.52. The molecule has 0 saturated carbocycles.